The molecule has 35 heavy (non-hydrogen) atoms. The molecule has 0 aliphatic carbocycles. The molecule has 0 bridgehead atoms. The lowest BCUT2D eigenvalue weighted by Crippen LogP contribution is -2.28. The van der Waals surface area contributed by atoms with Crippen LogP contribution in [0.2, 0.25) is 5.02 Å². The second-order valence-corrected chi connectivity index (χ2v) is 9.36. The Hall–Kier alpha value is -3.56. The normalized spacial score (nSPS) is 15.3. The first-order valence-corrected chi connectivity index (χ1v) is 12.3. The van der Waals surface area contributed by atoms with E-state index in [9.17, 15) is 4.79 Å². The largest absolute Gasteiger partial charge is 0.486 e. The standard InChI is InChI=1S/C25H22ClN5O3S/c1-16-4-10-19(11-5-16)34-14-23-27-25(29-28-23)35-15-24(32)31-21(22-3-2-12-33-22)13-20(30-31)17-6-8-18(26)9-7-17/h2-12,21H,13-15H2,1H3,(H,27,28,29)/t21-/m1/s1. The molecule has 3 heterocycles. The number of carbonyl (C=O) groups is 1. The minimum absolute atomic E-state index is 0.130. The van der Waals surface area contributed by atoms with Gasteiger partial charge in [-0.3, -0.25) is 9.89 Å². The highest BCUT2D eigenvalue weighted by Crippen LogP contribution is 2.34. The summed E-state index contributed by atoms with van der Waals surface area (Å²) in [5, 5.41) is 14.3. The van der Waals surface area contributed by atoms with Gasteiger partial charge in [-0.15, -0.1) is 5.10 Å². The maximum absolute atomic E-state index is 13.1. The molecule has 2 aromatic carbocycles. The number of furan rings is 1. The second-order valence-electron chi connectivity index (χ2n) is 7.98. The van der Waals surface area contributed by atoms with E-state index in [2.05, 4.69) is 20.3 Å². The molecule has 1 aliphatic rings. The fourth-order valence-electron chi connectivity index (χ4n) is 3.65. The van der Waals surface area contributed by atoms with Crippen molar-refractivity contribution in [3.8, 4) is 5.75 Å². The number of hydrogen-bond acceptors (Lipinski definition) is 7. The van der Waals surface area contributed by atoms with E-state index in [1.54, 1.807) is 12.3 Å². The quantitative estimate of drug-likeness (QED) is 0.320. The molecule has 2 aromatic heterocycles. The van der Waals surface area contributed by atoms with Crippen LogP contribution in [0.25, 0.3) is 0 Å². The number of halogens is 1. The Labute approximate surface area is 211 Å². The van der Waals surface area contributed by atoms with Crippen LogP contribution in [0.15, 0.2) is 81.6 Å². The summed E-state index contributed by atoms with van der Waals surface area (Å²) in [6.07, 6.45) is 2.15. The topological polar surface area (TPSA) is 96.6 Å². The summed E-state index contributed by atoms with van der Waals surface area (Å²) in [7, 11) is 0. The van der Waals surface area contributed by atoms with Crippen LogP contribution in [-0.4, -0.2) is 37.6 Å². The average Bonchev–Trinajstić information content (AvgIpc) is 3.63. The smallest absolute Gasteiger partial charge is 0.253 e. The molecule has 1 amide bonds. The SMILES string of the molecule is Cc1ccc(OCc2nc(SCC(=O)N3N=C(c4ccc(Cl)cc4)C[C@@H]3c3ccco3)n[nH]2)cc1. The molecule has 8 nitrogen and oxygen atoms in total. The van der Waals surface area contributed by atoms with Gasteiger partial charge in [-0.1, -0.05) is 53.2 Å². The third-order valence-corrected chi connectivity index (χ3v) is 6.53. The van der Waals surface area contributed by atoms with Gasteiger partial charge in [0.2, 0.25) is 5.16 Å². The van der Waals surface area contributed by atoms with Crippen LogP contribution in [0.3, 0.4) is 0 Å². The summed E-state index contributed by atoms with van der Waals surface area (Å²) in [5.41, 5.74) is 2.88. The zero-order valence-electron chi connectivity index (χ0n) is 18.8. The van der Waals surface area contributed by atoms with Crippen molar-refractivity contribution in [1.82, 2.24) is 20.2 Å². The number of ether oxygens (including phenoxy) is 1. The lowest BCUT2D eigenvalue weighted by atomic mass is 10.0. The number of nitrogens with one attached hydrogen (secondary N) is 1. The molecule has 178 valence electrons. The summed E-state index contributed by atoms with van der Waals surface area (Å²) >= 11 is 7.26. The summed E-state index contributed by atoms with van der Waals surface area (Å²) in [5.74, 6) is 1.99. The van der Waals surface area contributed by atoms with E-state index in [0.717, 1.165) is 22.6 Å². The number of hydrazone groups is 1. The maximum Gasteiger partial charge on any atom is 0.253 e. The first-order valence-electron chi connectivity index (χ1n) is 11.0. The molecule has 1 N–H and O–H groups in total. The van der Waals surface area contributed by atoms with Crippen LogP contribution in [-0.2, 0) is 11.4 Å². The Kier molecular flexibility index (Phi) is 6.87. The minimum atomic E-state index is -0.311. The average molecular weight is 508 g/mol. The van der Waals surface area contributed by atoms with E-state index >= 15 is 0 Å². The molecule has 10 heteroatoms. The van der Waals surface area contributed by atoms with Crippen molar-refractivity contribution in [2.24, 2.45) is 5.10 Å². The zero-order chi connectivity index (χ0) is 24.2. The third-order valence-electron chi connectivity index (χ3n) is 5.45. The molecule has 0 fully saturated rings. The Morgan fingerprint density at radius 3 is 2.74 bits per heavy atom. The van der Waals surface area contributed by atoms with Gasteiger partial charge in [0, 0.05) is 11.4 Å². The summed E-state index contributed by atoms with van der Waals surface area (Å²) in [4.78, 5) is 17.6. The lowest BCUT2D eigenvalue weighted by Gasteiger charge is -2.19. The van der Waals surface area contributed by atoms with Crippen LogP contribution in [0.4, 0.5) is 0 Å². The van der Waals surface area contributed by atoms with Crippen LogP contribution in [0, 0.1) is 6.92 Å². The lowest BCUT2D eigenvalue weighted by molar-refractivity contribution is -0.130. The zero-order valence-corrected chi connectivity index (χ0v) is 20.4. The minimum Gasteiger partial charge on any atom is -0.486 e. The maximum atomic E-state index is 13.1. The summed E-state index contributed by atoms with van der Waals surface area (Å²) in [6, 6.07) is 18.6. The first kappa shape index (κ1) is 23.2. The fraction of sp³-hybridized carbons (Fsp3) is 0.200. The molecule has 0 unspecified atom stereocenters. The molecule has 0 saturated carbocycles. The van der Waals surface area contributed by atoms with Crippen molar-refractivity contribution in [3.05, 3.63) is 94.7 Å². The number of amides is 1. The number of H-pyrrole nitrogens is 1. The number of rotatable bonds is 8. The predicted octanol–water partition coefficient (Wildman–Crippen LogP) is 5.41. The molecule has 0 saturated heterocycles. The summed E-state index contributed by atoms with van der Waals surface area (Å²) < 4.78 is 11.3. The van der Waals surface area contributed by atoms with Crippen LogP contribution in [0.5, 0.6) is 5.75 Å². The highest BCUT2D eigenvalue weighted by Gasteiger charge is 2.34. The van der Waals surface area contributed by atoms with E-state index in [-0.39, 0.29) is 24.3 Å². The number of thioether (sulfide) groups is 1. The van der Waals surface area contributed by atoms with E-state index in [0.29, 0.717) is 28.2 Å². The fourth-order valence-corrected chi connectivity index (χ4v) is 4.44. The molecular weight excluding hydrogens is 486 g/mol. The van der Waals surface area contributed by atoms with Gasteiger partial charge in [-0.25, -0.2) is 9.99 Å². The van der Waals surface area contributed by atoms with Crippen LogP contribution >= 0.6 is 23.4 Å². The highest BCUT2D eigenvalue weighted by atomic mass is 35.5. The first-order chi connectivity index (χ1) is 17.0. The van der Waals surface area contributed by atoms with Gasteiger partial charge in [0.25, 0.3) is 5.91 Å². The number of hydrogen-bond donors (Lipinski definition) is 1. The number of aromatic amines is 1. The van der Waals surface area contributed by atoms with Gasteiger partial charge in [0.1, 0.15) is 24.2 Å². The predicted molar refractivity (Wildman–Crippen MR) is 134 cm³/mol. The van der Waals surface area contributed by atoms with E-state index in [1.165, 1.54) is 16.8 Å². The Bertz CT molecular complexity index is 1320. The van der Waals surface area contributed by atoms with Crippen molar-refractivity contribution in [3.63, 3.8) is 0 Å². The van der Waals surface area contributed by atoms with Gasteiger partial charge in [-0.05, 0) is 48.9 Å². The third kappa shape index (κ3) is 5.58. The molecule has 4 aromatic rings. The van der Waals surface area contributed by atoms with Crippen LogP contribution < -0.4 is 4.74 Å². The number of nitrogens with zero attached hydrogens (tertiary/aromatic N) is 4. The molecule has 0 spiro atoms. The van der Waals surface area contributed by atoms with Crippen molar-refractivity contribution >= 4 is 35.0 Å². The van der Waals surface area contributed by atoms with Crippen molar-refractivity contribution in [2.45, 2.75) is 31.1 Å². The van der Waals surface area contributed by atoms with Gasteiger partial charge in [0.05, 0.1) is 17.7 Å². The van der Waals surface area contributed by atoms with Crippen molar-refractivity contribution in [1.29, 1.82) is 0 Å². The monoisotopic (exact) mass is 507 g/mol. The van der Waals surface area contributed by atoms with E-state index < -0.39 is 0 Å². The Morgan fingerprint density at radius 2 is 2.00 bits per heavy atom. The van der Waals surface area contributed by atoms with Gasteiger partial charge < -0.3 is 9.15 Å². The number of carbonyl (C=O) groups excluding carboxylic acids is 1. The highest BCUT2D eigenvalue weighted by molar-refractivity contribution is 7.99. The van der Waals surface area contributed by atoms with Crippen molar-refractivity contribution in [2.75, 3.05) is 5.75 Å². The summed E-state index contributed by atoms with van der Waals surface area (Å²) in [6.45, 7) is 2.28. The number of aryl methyl sites for hydroxylation is 1. The Morgan fingerprint density at radius 1 is 1.20 bits per heavy atom. The van der Waals surface area contributed by atoms with E-state index in [4.69, 9.17) is 20.8 Å². The van der Waals surface area contributed by atoms with E-state index in [1.807, 2.05) is 61.5 Å². The van der Waals surface area contributed by atoms with Gasteiger partial charge in [0.15, 0.2) is 5.82 Å². The number of aromatic nitrogens is 3. The van der Waals surface area contributed by atoms with Crippen LogP contribution in [0.1, 0.15) is 35.2 Å². The molecule has 5 rings (SSSR count). The molecule has 0 radical (unpaired) electrons. The van der Waals surface area contributed by atoms with Gasteiger partial charge >= 0.3 is 0 Å². The number of benzene rings is 2. The van der Waals surface area contributed by atoms with Gasteiger partial charge in [-0.2, -0.15) is 5.10 Å². The molecule has 1 atom stereocenters. The molecule has 1 aliphatic heterocycles. The van der Waals surface area contributed by atoms with Crippen molar-refractivity contribution < 1.29 is 13.9 Å². The second kappa shape index (κ2) is 10.4. The Balaban J connectivity index is 1.23. The molecular formula is C25H22ClN5O3S.